The SMILES string of the molecule is CC[C@H](SC1=Nc2ccccc2C2=N[C@H](CC(=O)NCc3ccccc3OC)C(=O)N12)C(=O)Nc1cccc(C)c1. The van der Waals surface area contributed by atoms with Crippen LogP contribution in [-0.2, 0) is 20.9 Å². The van der Waals surface area contributed by atoms with Crippen molar-refractivity contribution in [3.63, 3.8) is 0 Å². The zero-order valence-corrected chi connectivity index (χ0v) is 23.9. The van der Waals surface area contributed by atoms with E-state index >= 15 is 0 Å². The maximum Gasteiger partial charge on any atom is 0.259 e. The molecule has 2 heterocycles. The fourth-order valence-electron chi connectivity index (χ4n) is 4.70. The third kappa shape index (κ3) is 6.17. The molecule has 9 nitrogen and oxygen atoms in total. The van der Waals surface area contributed by atoms with Crippen molar-refractivity contribution >= 4 is 51.9 Å². The zero-order valence-electron chi connectivity index (χ0n) is 23.1. The lowest BCUT2D eigenvalue weighted by Gasteiger charge is -2.27. The quantitative estimate of drug-likeness (QED) is 0.384. The Hall–Kier alpha value is -4.44. The van der Waals surface area contributed by atoms with Gasteiger partial charge in [0, 0.05) is 23.4 Å². The molecule has 2 aliphatic rings. The molecule has 0 saturated carbocycles. The lowest BCUT2D eigenvalue weighted by atomic mass is 10.1. The van der Waals surface area contributed by atoms with Crippen molar-refractivity contribution in [1.29, 1.82) is 0 Å². The first-order valence-corrected chi connectivity index (χ1v) is 14.3. The van der Waals surface area contributed by atoms with Crippen molar-refractivity contribution in [2.24, 2.45) is 9.98 Å². The molecule has 0 bridgehead atoms. The molecule has 0 spiro atoms. The first-order chi connectivity index (χ1) is 19.9. The van der Waals surface area contributed by atoms with Gasteiger partial charge in [-0.1, -0.05) is 61.2 Å². The summed E-state index contributed by atoms with van der Waals surface area (Å²) in [4.78, 5) is 50.6. The summed E-state index contributed by atoms with van der Waals surface area (Å²) >= 11 is 1.22. The molecule has 2 atom stereocenters. The molecule has 0 saturated heterocycles. The third-order valence-electron chi connectivity index (χ3n) is 6.79. The molecule has 5 rings (SSSR count). The molecule has 0 aliphatic carbocycles. The van der Waals surface area contributed by atoms with E-state index < -0.39 is 11.3 Å². The second-order valence-corrected chi connectivity index (χ2v) is 10.9. The molecule has 3 aromatic rings. The normalized spacial score (nSPS) is 16.2. The van der Waals surface area contributed by atoms with Gasteiger partial charge in [0.15, 0.2) is 5.17 Å². The Kier molecular flexibility index (Phi) is 8.49. The number of nitrogens with one attached hydrogen (secondary N) is 2. The van der Waals surface area contributed by atoms with Crippen molar-refractivity contribution < 1.29 is 19.1 Å². The summed E-state index contributed by atoms with van der Waals surface area (Å²) in [5.41, 5.74) is 3.95. The highest BCUT2D eigenvalue weighted by Crippen LogP contribution is 2.36. The van der Waals surface area contributed by atoms with Crippen LogP contribution in [0.5, 0.6) is 5.75 Å². The van der Waals surface area contributed by atoms with E-state index in [0.29, 0.717) is 40.1 Å². The molecule has 10 heteroatoms. The Bertz CT molecular complexity index is 1550. The van der Waals surface area contributed by atoms with Crippen molar-refractivity contribution in [3.05, 3.63) is 89.5 Å². The Balaban J connectivity index is 1.33. The molecule has 41 heavy (non-hydrogen) atoms. The van der Waals surface area contributed by atoms with Gasteiger partial charge >= 0.3 is 0 Å². The van der Waals surface area contributed by atoms with Crippen LogP contribution in [0.3, 0.4) is 0 Å². The van der Waals surface area contributed by atoms with Gasteiger partial charge in [-0.2, -0.15) is 0 Å². The second kappa shape index (κ2) is 12.4. The first-order valence-electron chi connectivity index (χ1n) is 13.4. The van der Waals surface area contributed by atoms with Crippen LogP contribution >= 0.6 is 11.8 Å². The van der Waals surface area contributed by atoms with Crippen LogP contribution in [0.2, 0.25) is 0 Å². The Morgan fingerprint density at radius 3 is 2.63 bits per heavy atom. The van der Waals surface area contributed by atoms with Crippen molar-refractivity contribution in [2.45, 2.75) is 44.5 Å². The number of aliphatic imine (C=N–C) groups is 2. The number of carbonyl (C=O) groups is 3. The largest absolute Gasteiger partial charge is 0.496 e. The molecule has 3 aromatic carbocycles. The number of para-hydroxylation sites is 2. The summed E-state index contributed by atoms with van der Waals surface area (Å²) in [7, 11) is 1.58. The van der Waals surface area contributed by atoms with Crippen LogP contribution < -0.4 is 15.4 Å². The second-order valence-electron chi connectivity index (χ2n) is 9.72. The smallest absolute Gasteiger partial charge is 0.259 e. The van der Waals surface area contributed by atoms with E-state index in [1.807, 2.05) is 86.6 Å². The van der Waals surface area contributed by atoms with Gasteiger partial charge in [-0.05, 0) is 49.2 Å². The number of amidine groups is 2. The summed E-state index contributed by atoms with van der Waals surface area (Å²) in [6, 6.07) is 21.5. The third-order valence-corrected chi connectivity index (χ3v) is 8.11. The van der Waals surface area contributed by atoms with Crippen molar-refractivity contribution in [1.82, 2.24) is 10.2 Å². The average molecular weight is 570 g/mol. The molecule has 3 amide bonds. The van der Waals surface area contributed by atoms with Gasteiger partial charge in [0.05, 0.1) is 24.5 Å². The fraction of sp³-hybridized carbons (Fsp3) is 0.258. The number of benzene rings is 3. The molecule has 0 radical (unpaired) electrons. The standard InChI is InChI=1S/C31H31N5O4S/c1-4-26(29(38)33-21-12-9-10-19(2)16-21)41-31-35-23-14-7-6-13-22(23)28-34-24(30(39)36(28)31)17-27(37)32-18-20-11-5-8-15-25(20)40-3/h5-16,24,26H,4,17-18H2,1-3H3,(H,32,37)(H,33,38)/t24-,26+/m1/s1. The molecule has 0 fully saturated rings. The predicted molar refractivity (Wildman–Crippen MR) is 162 cm³/mol. The fourth-order valence-corrected chi connectivity index (χ4v) is 5.72. The number of fused-ring (bicyclic) bond motifs is 3. The van der Waals surface area contributed by atoms with Crippen LogP contribution in [0.4, 0.5) is 11.4 Å². The Labute approximate surface area is 243 Å². The van der Waals surface area contributed by atoms with Gasteiger partial charge in [0.2, 0.25) is 11.8 Å². The Morgan fingerprint density at radius 2 is 1.85 bits per heavy atom. The number of aryl methyl sites for hydroxylation is 1. The lowest BCUT2D eigenvalue weighted by molar-refractivity contribution is -0.128. The summed E-state index contributed by atoms with van der Waals surface area (Å²) in [6.45, 7) is 4.15. The molecular formula is C31H31N5O4S. The predicted octanol–water partition coefficient (Wildman–Crippen LogP) is 4.82. The minimum Gasteiger partial charge on any atom is -0.496 e. The monoisotopic (exact) mass is 569 g/mol. The number of nitrogens with zero attached hydrogens (tertiary/aromatic N) is 3. The highest BCUT2D eigenvalue weighted by molar-refractivity contribution is 8.15. The van der Waals surface area contributed by atoms with Crippen LogP contribution in [0.25, 0.3) is 0 Å². The Morgan fingerprint density at radius 1 is 1.07 bits per heavy atom. The van der Waals surface area contributed by atoms with E-state index in [-0.39, 0.29) is 30.7 Å². The van der Waals surface area contributed by atoms with Crippen molar-refractivity contribution in [2.75, 3.05) is 12.4 Å². The summed E-state index contributed by atoms with van der Waals surface area (Å²) < 4.78 is 5.36. The molecule has 2 aliphatic heterocycles. The van der Waals surface area contributed by atoms with Gasteiger partial charge in [-0.25, -0.2) is 9.89 Å². The maximum absolute atomic E-state index is 13.7. The van der Waals surface area contributed by atoms with Crippen molar-refractivity contribution in [3.8, 4) is 5.75 Å². The molecule has 0 unspecified atom stereocenters. The maximum atomic E-state index is 13.7. The number of rotatable bonds is 9. The number of amides is 3. The summed E-state index contributed by atoms with van der Waals surface area (Å²) in [6.07, 6.45) is 0.408. The first kappa shape index (κ1) is 28.1. The zero-order chi connectivity index (χ0) is 28.9. The van der Waals surface area contributed by atoms with Gasteiger partial charge in [-0.15, -0.1) is 0 Å². The highest BCUT2D eigenvalue weighted by Gasteiger charge is 2.43. The van der Waals surface area contributed by atoms with E-state index in [9.17, 15) is 14.4 Å². The van der Waals surface area contributed by atoms with E-state index in [2.05, 4.69) is 15.6 Å². The molecule has 0 aromatic heterocycles. The number of methoxy groups -OCH3 is 1. The number of ether oxygens (including phenoxy) is 1. The van der Waals surface area contributed by atoms with E-state index in [4.69, 9.17) is 9.73 Å². The molecular weight excluding hydrogens is 538 g/mol. The van der Waals surface area contributed by atoms with Crippen LogP contribution in [0.15, 0.2) is 82.8 Å². The number of anilines is 1. The number of thioether (sulfide) groups is 1. The van der Waals surface area contributed by atoms with Crippen LogP contribution in [-0.4, -0.2) is 52.0 Å². The topological polar surface area (TPSA) is 112 Å². The van der Waals surface area contributed by atoms with E-state index in [0.717, 1.165) is 11.1 Å². The molecule has 2 N–H and O–H groups in total. The number of hydrogen-bond donors (Lipinski definition) is 2. The average Bonchev–Trinajstić information content (AvgIpc) is 3.30. The summed E-state index contributed by atoms with van der Waals surface area (Å²) in [5, 5.41) is 5.71. The van der Waals surface area contributed by atoms with E-state index in [1.165, 1.54) is 16.7 Å². The highest BCUT2D eigenvalue weighted by atomic mass is 32.2. The van der Waals surface area contributed by atoms with Gasteiger partial charge < -0.3 is 15.4 Å². The van der Waals surface area contributed by atoms with E-state index in [1.54, 1.807) is 7.11 Å². The van der Waals surface area contributed by atoms with Gasteiger partial charge in [-0.3, -0.25) is 19.4 Å². The van der Waals surface area contributed by atoms with Crippen LogP contribution in [0, 0.1) is 6.92 Å². The summed E-state index contributed by atoms with van der Waals surface area (Å²) in [5.74, 6) is 0.291. The lowest BCUT2D eigenvalue weighted by Crippen LogP contribution is -2.43. The minimum atomic E-state index is -0.902. The minimum absolute atomic E-state index is 0.112. The molecule has 210 valence electrons. The number of hydrogen-bond acceptors (Lipinski definition) is 7. The van der Waals surface area contributed by atoms with Gasteiger partial charge in [0.25, 0.3) is 5.91 Å². The van der Waals surface area contributed by atoms with Gasteiger partial charge in [0.1, 0.15) is 17.6 Å². The van der Waals surface area contributed by atoms with Crippen LogP contribution in [0.1, 0.15) is 36.5 Å². The number of carbonyl (C=O) groups excluding carboxylic acids is 3.